The maximum absolute atomic E-state index is 11.9. The van der Waals surface area contributed by atoms with Gasteiger partial charge in [-0.15, -0.1) is 6.58 Å². The van der Waals surface area contributed by atoms with Gasteiger partial charge in [-0.05, 0) is 42.7 Å². The molecule has 1 aromatic carbocycles. The van der Waals surface area contributed by atoms with Crippen LogP contribution in [-0.4, -0.2) is 36.5 Å². The van der Waals surface area contributed by atoms with Crippen molar-refractivity contribution in [2.75, 3.05) is 29.2 Å². The Morgan fingerprint density at radius 3 is 2.41 bits per heavy atom. The Labute approximate surface area is 134 Å². The fraction of sp³-hybridized carbons (Fsp3) is 0.333. The van der Waals surface area contributed by atoms with Crippen molar-refractivity contribution in [2.45, 2.75) is 12.5 Å². The molecule has 1 rings (SSSR count). The van der Waals surface area contributed by atoms with Crippen molar-refractivity contribution in [3.05, 3.63) is 36.9 Å². The Morgan fingerprint density at radius 2 is 1.86 bits per heavy atom. The first-order valence-corrected chi connectivity index (χ1v) is 8.27. The summed E-state index contributed by atoms with van der Waals surface area (Å²) in [5, 5.41) is 8.03. The molecular weight excluding hydrogens is 300 g/mol. The number of benzene rings is 1. The van der Waals surface area contributed by atoms with E-state index in [1.165, 1.54) is 0 Å². The standard InChI is InChI=1S/C15H22N4O2S/c1-3-9-17-15(21)19-12-6-4-11(5-7-12)18-14(20)13(16)8-10-22-2/h3-7,13H,1,8-10,16H2,2H3,(H,18,20)(H2,17,19,21)/t13-/m0/s1. The number of anilines is 2. The molecule has 0 heterocycles. The van der Waals surface area contributed by atoms with Gasteiger partial charge in [0.05, 0.1) is 6.04 Å². The maximum atomic E-state index is 11.9. The highest BCUT2D eigenvalue weighted by Crippen LogP contribution is 2.14. The number of rotatable bonds is 8. The van der Waals surface area contributed by atoms with Crippen molar-refractivity contribution in [3.63, 3.8) is 0 Å². The first-order chi connectivity index (χ1) is 10.6. The molecule has 6 nitrogen and oxygen atoms in total. The highest BCUT2D eigenvalue weighted by atomic mass is 32.2. The molecule has 0 aliphatic heterocycles. The van der Waals surface area contributed by atoms with E-state index in [0.29, 0.717) is 24.3 Å². The number of carbonyl (C=O) groups excluding carboxylic acids is 2. The lowest BCUT2D eigenvalue weighted by Crippen LogP contribution is -2.36. The second-order valence-corrected chi connectivity index (χ2v) is 5.56. The average Bonchev–Trinajstić information content (AvgIpc) is 2.52. The van der Waals surface area contributed by atoms with Gasteiger partial charge in [-0.2, -0.15) is 11.8 Å². The van der Waals surface area contributed by atoms with Crippen LogP contribution in [0.3, 0.4) is 0 Å². The van der Waals surface area contributed by atoms with Crippen LogP contribution >= 0.6 is 11.8 Å². The number of hydrogen-bond donors (Lipinski definition) is 4. The van der Waals surface area contributed by atoms with E-state index in [-0.39, 0.29) is 11.9 Å². The lowest BCUT2D eigenvalue weighted by Gasteiger charge is -2.12. The summed E-state index contributed by atoms with van der Waals surface area (Å²) in [5.41, 5.74) is 7.07. The molecule has 7 heteroatoms. The monoisotopic (exact) mass is 322 g/mol. The Morgan fingerprint density at radius 1 is 1.27 bits per heavy atom. The molecule has 0 aromatic heterocycles. The van der Waals surface area contributed by atoms with Gasteiger partial charge in [-0.3, -0.25) is 4.79 Å². The first-order valence-electron chi connectivity index (χ1n) is 6.88. The van der Waals surface area contributed by atoms with Crippen LogP contribution in [0.2, 0.25) is 0 Å². The third kappa shape index (κ3) is 6.64. The van der Waals surface area contributed by atoms with Gasteiger partial charge in [0.1, 0.15) is 0 Å². The van der Waals surface area contributed by atoms with E-state index in [2.05, 4.69) is 22.5 Å². The maximum Gasteiger partial charge on any atom is 0.319 e. The number of urea groups is 1. The van der Waals surface area contributed by atoms with E-state index in [9.17, 15) is 9.59 Å². The van der Waals surface area contributed by atoms with E-state index in [1.807, 2.05) is 6.26 Å². The third-order valence-corrected chi connectivity index (χ3v) is 3.43. The molecule has 0 unspecified atom stereocenters. The van der Waals surface area contributed by atoms with Crippen molar-refractivity contribution in [1.29, 1.82) is 0 Å². The quantitative estimate of drug-likeness (QED) is 0.551. The van der Waals surface area contributed by atoms with Crippen LogP contribution in [0.5, 0.6) is 0 Å². The molecule has 0 spiro atoms. The Kier molecular flexibility index (Phi) is 8.09. The van der Waals surface area contributed by atoms with Crippen molar-refractivity contribution < 1.29 is 9.59 Å². The largest absolute Gasteiger partial charge is 0.334 e. The summed E-state index contributed by atoms with van der Waals surface area (Å²) >= 11 is 1.65. The van der Waals surface area contributed by atoms with Gasteiger partial charge in [0.2, 0.25) is 5.91 Å². The minimum absolute atomic E-state index is 0.210. The van der Waals surface area contributed by atoms with Gasteiger partial charge < -0.3 is 21.7 Å². The van der Waals surface area contributed by atoms with E-state index >= 15 is 0 Å². The highest BCUT2D eigenvalue weighted by Gasteiger charge is 2.12. The summed E-state index contributed by atoms with van der Waals surface area (Å²) in [4.78, 5) is 23.3. The number of amides is 3. The molecule has 1 atom stereocenters. The summed E-state index contributed by atoms with van der Waals surface area (Å²) in [6, 6.07) is 6.00. The van der Waals surface area contributed by atoms with Gasteiger partial charge in [0.25, 0.3) is 0 Å². The Balaban J connectivity index is 2.49. The molecule has 0 aliphatic rings. The normalized spacial score (nSPS) is 11.4. The molecule has 0 fully saturated rings. The first kappa shape index (κ1) is 18.1. The molecule has 0 radical (unpaired) electrons. The molecule has 0 bridgehead atoms. The van der Waals surface area contributed by atoms with Crippen molar-refractivity contribution in [3.8, 4) is 0 Å². The van der Waals surface area contributed by atoms with Crippen LogP contribution in [0, 0.1) is 0 Å². The van der Waals surface area contributed by atoms with Crippen LogP contribution < -0.4 is 21.7 Å². The molecule has 0 aliphatic carbocycles. The summed E-state index contributed by atoms with van der Waals surface area (Å²) in [5.74, 6) is 0.635. The number of carbonyl (C=O) groups is 2. The molecule has 0 saturated heterocycles. The minimum Gasteiger partial charge on any atom is -0.334 e. The average molecular weight is 322 g/mol. The number of thioether (sulfide) groups is 1. The van der Waals surface area contributed by atoms with E-state index in [4.69, 9.17) is 5.73 Å². The lowest BCUT2D eigenvalue weighted by molar-refractivity contribution is -0.117. The van der Waals surface area contributed by atoms with E-state index in [1.54, 1.807) is 42.1 Å². The zero-order valence-corrected chi connectivity index (χ0v) is 13.4. The Hall–Kier alpha value is -1.99. The van der Waals surface area contributed by atoms with Gasteiger partial charge >= 0.3 is 6.03 Å². The van der Waals surface area contributed by atoms with Crippen LogP contribution in [0.25, 0.3) is 0 Å². The molecule has 22 heavy (non-hydrogen) atoms. The topological polar surface area (TPSA) is 96.2 Å². The predicted octanol–water partition coefficient (Wildman–Crippen LogP) is 2.01. The van der Waals surface area contributed by atoms with Crippen LogP contribution in [-0.2, 0) is 4.79 Å². The molecule has 5 N–H and O–H groups in total. The molecule has 1 aromatic rings. The zero-order chi connectivity index (χ0) is 16.4. The second-order valence-electron chi connectivity index (χ2n) is 4.58. The molecule has 0 saturated carbocycles. The number of hydrogen-bond acceptors (Lipinski definition) is 4. The third-order valence-electron chi connectivity index (χ3n) is 2.79. The highest BCUT2D eigenvalue weighted by molar-refractivity contribution is 7.98. The molecular formula is C15H22N4O2S. The summed E-state index contributed by atoms with van der Waals surface area (Å²) < 4.78 is 0. The fourth-order valence-corrected chi connectivity index (χ4v) is 2.08. The van der Waals surface area contributed by atoms with Gasteiger partial charge in [0, 0.05) is 17.9 Å². The molecule has 120 valence electrons. The van der Waals surface area contributed by atoms with Gasteiger partial charge in [0.15, 0.2) is 0 Å². The predicted molar refractivity (Wildman–Crippen MR) is 93.3 cm³/mol. The minimum atomic E-state index is -0.519. The van der Waals surface area contributed by atoms with Crippen molar-refractivity contribution >= 4 is 35.1 Å². The zero-order valence-electron chi connectivity index (χ0n) is 12.6. The van der Waals surface area contributed by atoms with Gasteiger partial charge in [-0.25, -0.2) is 4.79 Å². The summed E-state index contributed by atoms with van der Waals surface area (Å²) in [6.07, 6.45) is 4.20. The van der Waals surface area contributed by atoms with Crippen LogP contribution in [0.4, 0.5) is 16.2 Å². The lowest BCUT2D eigenvalue weighted by atomic mass is 10.2. The van der Waals surface area contributed by atoms with E-state index < -0.39 is 6.04 Å². The van der Waals surface area contributed by atoms with Crippen molar-refractivity contribution in [1.82, 2.24) is 5.32 Å². The Bertz CT molecular complexity index is 505. The smallest absolute Gasteiger partial charge is 0.319 e. The van der Waals surface area contributed by atoms with Crippen LogP contribution in [0.15, 0.2) is 36.9 Å². The van der Waals surface area contributed by atoms with Crippen LogP contribution in [0.1, 0.15) is 6.42 Å². The molecule has 3 amide bonds. The number of nitrogens with two attached hydrogens (primary N) is 1. The summed E-state index contributed by atoms with van der Waals surface area (Å²) in [6.45, 7) is 3.91. The second kappa shape index (κ2) is 9.86. The van der Waals surface area contributed by atoms with E-state index in [0.717, 1.165) is 5.75 Å². The SMILES string of the molecule is C=CCNC(=O)Nc1ccc(NC(=O)[C@@H](N)CCSC)cc1. The number of nitrogens with one attached hydrogen (secondary N) is 3. The summed E-state index contributed by atoms with van der Waals surface area (Å²) in [7, 11) is 0. The fourth-order valence-electron chi connectivity index (χ4n) is 1.59. The van der Waals surface area contributed by atoms with Crippen molar-refractivity contribution in [2.24, 2.45) is 5.73 Å². The van der Waals surface area contributed by atoms with Gasteiger partial charge in [-0.1, -0.05) is 6.08 Å².